The van der Waals surface area contributed by atoms with Gasteiger partial charge in [0.1, 0.15) is 0 Å². The van der Waals surface area contributed by atoms with E-state index in [-0.39, 0.29) is 5.91 Å². The second kappa shape index (κ2) is 7.79. The molecule has 2 heterocycles. The van der Waals surface area contributed by atoms with Crippen molar-refractivity contribution in [2.24, 2.45) is 5.92 Å². The van der Waals surface area contributed by atoms with Crippen LogP contribution in [0.1, 0.15) is 35.3 Å². The van der Waals surface area contributed by atoms with Crippen LogP contribution < -0.4 is 0 Å². The highest BCUT2D eigenvalue weighted by Crippen LogP contribution is 2.21. The molecule has 1 fully saturated rings. The number of aryl methyl sites for hydroxylation is 1. The second-order valence-electron chi connectivity index (χ2n) is 7.42. The zero-order valence-corrected chi connectivity index (χ0v) is 15.4. The number of benzene rings is 1. The summed E-state index contributed by atoms with van der Waals surface area (Å²) >= 11 is 0. The van der Waals surface area contributed by atoms with Crippen molar-refractivity contribution in [2.75, 3.05) is 19.6 Å². The van der Waals surface area contributed by atoms with E-state index in [2.05, 4.69) is 29.8 Å². The molecule has 2 aromatic rings. The fraction of sp³-hybridized carbons (Fsp3) is 0.429. The monoisotopic (exact) mass is 337 g/mol. The summed E-state index contributed by atoms with van der Waals surface area (Å²) in [5, 5.41) is 0. The maximum Gasteiger partial charge on any atom is 0.253 e. The predicted octanol–water partition coefficient (Wildman–Crippen LogP) is 3.37. The first-order chi connectivity index (χ1) is 12.0. The van der Waals surface area contributed by atoms with Gasteiger partial charge in [0.25, 0.3) is 5.91 Å². The predicted molar refractivity (Wildman–Crippen MR) is 100 cm³/mol. The van der Waals surface area contributed by atoms with Crippen LogP contribution in [0.5, 0.6) is 0 Å². The smallest absolute Gasteiger partial charge is 0.253 e. The fourth-order valence-electron chi connectivity index (χ4n) is 3.35. The summed E-state index contributed by atoms with van der Waals surface area (Å²) < 4.78 is 0. The molecule has 1 amide bonds. The van der Waals surface area contributed by atoms with Crippen LogP contribution in [0.15, 0.2) is 48.8 Å². The number of aromatic nitrogens is 1. The Balaban J connectivity index is 1.62. The molecule has 25 heavy (non-hydrogen) atoms. The number of hydrogen-bond donors (Lipinski definition) is 0. The van der Waals surface area contributed by atoms with E-state index in [4.69, 9.17) is 0 Å². The summed E-state index contributed by atoms with van der Waals surface area (Å²) in [6.07, 6.45) is 3.74. The molecule has 1 aromatic carbocycles. The third-order valence-corrected chi connectivity index (χ3v) is 4.64. The SMILES string of the molecule is Cc1cccc(C(=O)N2CC(N(Cc3cccnc3)CC(C)C)C2)c1. The average molecular weight is 337 g/mol. The lowest BCUT2D eigenvalue weighted by Crippen LogP contribution is -2.61. The Morgan fingerprint density at radius 2 is 2.08 bits per heavy atom. The molecule has 4 nitrogen and oxygen atoms in total. The highest BCUT2D eigenvalue weighted by atomic mass is 16.2. The molecule has 1 aliphatic heterocycles. The van der Waals surface area contributed by atoms with Gasteiger partial charge in [-0.25, -0.2) is 0 Å². The molecule has 4 heteroatoms. The molecule has 0 spiro atoms. The largest absolute Gasteiger partial charge is 0.335 e. The Morgan fingerprint density at radius 1 is 1.28 bits per heavy atom. The van der Waals surface area contributed by atoms with Crippen molar-refractivity contribution in [3.05, 3.63) is 65.5 Å². The van der Waals surface area contributed by atoms with Gasteiger partial charge >= 0.3 is 0 Å². The van der Waals surface area contributed by atoms with E-state index in [1.54, 1.807) is 0 Å². The minimum Gasteiger partial charge on any atom is -0.335 e. The minimum atomic E-state index is 0.144. The molecule has 0 radical (unpaired) electrons. The van der Waals surface area contributed by atoms with Crippen LogP contribution in [0.2, 0.25) is 0 Å². The van der Waals surface area contributed by atoms with Crippen molar-refractivity contribution in [3.8, 4) is 0 Å². The zero-order chi connectivity index (χ0) is 17.8. The maximum atomic E-state index is 12.6. The van der Waals surface area contributed by atoms with Crippen molar-refractivity contribution < 1.29 is 4.79 Å². The van der Waals surface area contributed by atoms with Gasteiger partial charge in [0, 0.05) is 50.2 Å². The van der Waals surface area contributed by atoms with Gasteiger partial charge in [-0.05, 0) is 36.6 Å². The van der Waals surface area contributed by atoms with Gasteiger partial charge in [-0.15, -0.1) is 0 Å². The average Bonchev–Trinajstić information content (AvgIpc) is 2.53. The molecule has 1 saturated heterocycles. The van der Waals surface area contributed by atoms with E-state index < -0.39 is 0 Å². The van der Waals surface area contributed by atoms with E-state index in [9.17, 15) is 4.79 Å². The van der Waals surface area contributed by atoms with Crippen LogP contribution in [-0.2, 0) is 6.54 Å². The van der Waals surface area contributed by atoms with Crippen molar-refractivity contribution in [1.29, 1.82) is 0 Å². The number of nitrogens with zero attached hydrogens (tertiary/aromatic N) is 3. The lowest BCUT2D eigenvalue weighted by Gasteiger charge is -2.46. The lowest BCUT2D eigenvalue weighted by molar-refractivity contribution is 0.0197. The van der Waals surface area contributed by atoms with Gasteiger partial charge < -0.3 is 4.90 Å². The third-order valence-electron chi connectivity index (χ3n) is 4.64. The van der Waals surface area contributed by atoms with Crippen LogP contribution in [0.25, 0.3) is 0 Å². The summed E-state index contributed by atoms with van der Waals surface area (Å²) in [7, 11) is 0. The molecule has 0 bridgehead atoms. The van der Waals surface area contributed by atoms with E-state index in [0.29, 0.717) is 12.0 Å². The first-order valence-corrected chi connectivity index (χ1v) is 9.02. The lowest BCUT2D eigenvalue weighted by atomic mass is 10.0. The Morgan fingerprint density at radius 3 is 2.72 bits per heavy atom. The van der Waals surface area contributed by atoms with Gasteiger partial charge in [-0.3, -0.25) is 14.7 Å². The molecule has 3 rings (SSSR count). The van der Waals surface area contributed by atoms with Crippen LogP contribution in [0.3, 0.4) is 0 Å². The van der Waals surface area contributed by atoms with Crippen LogP contribution in [0.4, 0.5) is 0 Å². The topological polar surface area (TPSA) is 36.4 Å². The maximum absolute atomic E-state index is 12.6. The molecular weight excluding hydrogens is 310 g/mol. The standard InChI is InChI=1S/C21H27N3O/c1-16(2)12-23(13-18-7-5-9-22-11-18)20-14-24(15-20)21(25)19-8-4-6-17(3)10-19/h4-11,16,20H,12-15H2,1-3H3. The number of likely N-dealkylation sites (tertiary alicyclic amines) is 1. The Kier molecular flexibility index (Phi) is 5.49. The molecular formula is C21H27N3O. The molecule has 1 aliphatic rings. The summed E-state index contributed by atoms with van der Waals surface area (Å²) in [4.78, 5) is 21.3. The first kappa shape index (κ1) is 17.6. The molecule has 1 aromatic heterocycles. The van der Waals surface area contributed by atoms with Crippen molar-refractivity contribution in [2.45, 2.75) is 33.4 Å². The van der Waals surface area contributed by atoms with Gasteiger partial charge in [-0.2, -0.15) is 0 Å². The van der Waals surface area contributed by atoms with Crippen molar-refractivity contribution in [3.63, 3.8) is 0 Å². The normalized spacial score (nSPS) is 14.8. The van der Waals surface area contributed by atoms with Gasteiger partial charge in [0.15, 0.2) is 0 Å². The Hall–Kier alpha value is -2.20. The van der Waals surface area contributed by atoms with Gasteiger partial charge in [0.05, 0.1) is 0 Å². The molecule has 0 atom stereocenters. The third kappa shape index (κ3) is 4.45. The van der Waals surface area contributed by atoms with E-state index in [1.165, 1.54) is 5.56 Å². The molecule has 0 aliphatic carbocycles. The highest BCUT2D eigenvalue weighted by Gasteiger charge is 2.35. The van der Waals surface area contributed by atoms with Crippen LogP contribution in [0, 0.1) is 12.8 Å². The molecule has 0 unspecified atom stereocenters. The minimum absolute atomic E-state index is 0.144. The number of amides is 1. The van der Waals surface area contributed by atoms with E-state index >= 15 is 0 Å². The van der Waals surface area contributed by atoms with E-state index in [0.717, 1.165) is 37.3 Å². The quantitative estimate of drug-likeness (QED) is 0.811. The van der Waals surface area contributed by atoms with Crippen LogP contribution in [-0.4, -0.2) is 46.4 Å². The number of carbonyl (C=O) groups excluding carboxylic acids is 1. The van der Waals surface area contributed by atoms with Gasteiger partial charge in [0.2, 0.25) is 0 Å². The van der Waals surface area contributed by atoms with Gasteiger partial charge in [-0.1, -0.05) is 37.6 Å². The van der Waals surface area contributed by atoms with Crippen molar-refractivity contribution >= 4 is 5.91 Å². The van der Waals surface area contributed by atoms with Crippen molar-refractivity contribution in [1.82, 2.24) is 14.8 Å². The first-order valence-electron chi connectivity index (χ1n) is 9.02. The summed E-state index contributed by atoms with van der Waals surface area (Å²) in [6.45, 7) is 10.0. The summed E-state index contributed by atoms with van der Waals surface area (Å²) in [6, 6.07) is 12.4. The number of pyridine rings is 1. The Labute approximate surface area is 150 Å². The number of carbonyl (C=O) groups is 1. The van der Waals surface area contributed by atoms with Crippen LogP contribution >= 0.6 is 0 Å². The molecule has 132 valence electrons. The second-order valence-corrected chi connectivity index (χ2v) is 7.42. The summed E-state index contributed by atoms with van der Waals surface area (Å²) in [5.41, 5.74) is 3.15. The molecule has 0 saturated carbocycles. The number of rotatable bonds is 6. The Bertz CT molecular complexity index is 708. The summed E-state index contributed by atoms with van der Waals surface area (Å²) in [5.74, 6) is 0.740. The molecule has 0 N–H and O–H groups in total. The number of hydrogen-bond acceptors (Lipinski definition) is 3. The highest BCUT2D eigenvalue weighted by molar-refractivity contribution is 5.95. The zero-order valence-electron chi connectivity index (χ0n) is 15.4. The fourth-order valence-corrected chi connectivity index (χ4v) is 3.35. The van der Waals surface area contributed by atoms with E-state index in [1.807, 2.05) is 54.5 Å².